The van der Waals surface area contributed by atoms with Gasteiger partial charge in [0.1, 0.15) is 0 Å². The van der Waals surface area contributed by atoms with Gasteiger partial charge in [0.2, 0.25) is 16.8 Å². The number of H-pyrrole nitrogens is 1. The van der Waals surface area contributed by atoms with Crippen molar-refractivity contribution in [1.82, 2.24) is 19.8 Å². The number of morpholine rings is 1. The molecular weight excluding hydrogens is 396 g/mol. The summed E-state index contributed by atoms with van der Waals surface area (Å²) in [7, 11) is -3.32. The van der Waals surface area contributed by atoms with E-state index in [0.29, 0.717) is 31.9 Å². The van der Waals surface area contributed by atoms with Crippen molar-refractivity contribution in [3.8, 4) is 22.8 Å². The SMILES string of the molecule is C[C@@H]1CN(S(=O)(=O)CCNCc2cn[nH]c2-c2ccc3c(c2)OCO3)C[C@H](C)O1. The van der Waals surface area contributed by atoms with E-state index in [1.165, 1.54) is 4.31 Å². The number of benzene rings is 1. The highest BCUT2D eigenvalue weighted by Gasteiger charge is 2.30. The van der Waals surface area contributed by atoms with Gasteiger partial charge in [0.05, 0.1) is 29.9 Å². The molecule has 1 aromatic heterocycles. The Morgan fingerprint density at radius 2 is 1.97 bits per heavy atom. The molecule has 29 heavy (non-hydrogen) atoms. The zero-order valence-electron chi connectivity index (χ0n) is 16.6. The minimum atomic E-state index is -3.32. The summed E-state index contributed by atoms with van der Waals surface area (Å²) < 4.78 is 43.2. The lowest BCUT2D eigenvalue weighted by Gasteiger charge is -2.34. The van der Waals surface area contributed by atoms with Crippen molar-refractivity contribution in [1.29, 1.82) is 0 Å². The molecule has 2 N–H and O–H groups in total. The maximum absolute atomic E-state index is 12.6. The Labute approximate surface area is 170 Å². The molecule has 1 fully saturated rings. The van der Waals surface area contributed by atoms with Gasteiger partial charge in [-0.2, -0.15) is 9.40 Å². The Morgan fingerprint density at radius 3 is 2.76 bits per heavy atom. The fourth-order valence-corrected chi connectivity index (χ4v) is 5.19. The number of aromatic nitrogens is 2. The first-order chi connectivity index (χ1) is 13.9. The fraction of sp³-hybridized carbons (Fsp3) is 0.526. The van der Waals surface area contributed by atoms with Gasteiger partial charge in [-0.15, -0.1) is 0 Å². The highest BCUT2D eigenvalue weighted by atomic mass is 32.2. The second kappa shape index (κ2) is 8.31. The van der Waals surface area contributed by atoms with E-state index in [1.54, 1.807) is 6.20 Å². The molecular formula is C19H26N4O5S. The summed E-state index contributed by atoms with van der Waals surface area (Å²) in [6, 6.07) is 5.72. The first kappa shape index (κ1) is 20.1. The summed E-state index contributed by atoms with van der Waals surface area (Å²) >= 11 is 0. The predicted molar refractivity (Wildman–Crippen MR) is 107 cm³/mol. The second-order valence-corrected chi connectivity index (χ2v) is 9.49. The molecule has 1 aromatic carbocycles. The topological polar surface area (TPSA) is 106 Å². The number of fused-ring (bicyclic) bond motifs is 1. The molecule has 0 spiro atoms. The highest BCUT2D eigenvalue weighted by molar-refractivity contribution is 7.89. The molecule has 2 aromatic rings. The van der Waals surface area contributed by atoms with Crippen LogP contribution in [0.4, 0.5) is 0 Å². The maximum atomic E-state index is 12.6. The van der Waals surface area contributed by atoms with E-state index in [1.807, 2.05) is 32.0 Å². The van der Waals surface area contributed by atoms with Crippen molar-refractivity contribution >= 4 is 10.0 Å². The lowest BCUT2D eigenvalue weighted by Crippen LogP contribution is -2.49. The third kappa shape index (κ3) is 4.55. The van der Waals surface area contributed by atoms with Gasteiger partial charge in [0.25, 0.3) is 0 Å². The summed E-state index contributed by atoms with van der Waals surface area (Å²) in [5.41, 5.74) is 2.76. The summed E-state index contributed by atoms with van der Waals surface area (Å²) in [5.74, 6) is 1.48. The quantitative estimate of drug-likeness (QED) is 0.649. The van der Waals surface area contributed by atoms with Crippen LogP contribution in [0.1, 0.15) is 19.4 Å². The summed E-state index contributed by atoms with van der Waals surface area (Å²) in [6.45, 7) is 5.69. The molecule has 1 saturated heterocycles. The average Bonchev–Trinajstić information content (AvgIpc) is 3.33. The largest absolute Gasteiger partial charge is 0.454 e. The normalized spacial score (nSPS) is 22.1. The van der Waals surface area contributed by atoms with Crippen LogP contribution in [0.2, 0.25) is 0 Å². The van der Waals surface area contributed by atoms with Gasteiger partial charge in [0.15, 0.2) is 11.5 Å². The number of nitrogens with one attached hydrogen (secondary N) is 2. The lowest BCUT2D eigenvalue weighted by molar-refractivity contribution is -0.0440. The van der Waals surface area contributed by atoms with Crippen molar-refractivity contribution in [3.63, 3.8) is 0 Å². The van der Waals surface area contributed by atoms with Gasteiger partial charge in [0, 0.05) is 37.3 Å². The maximum Gasteiger partial charge on any atom is 0.231 e. The van der Waals surface area contributed by atoms with Crippen LogP contribution < -0.4 is 14.8 Å². The highest BCUT2D eigenvalue weighted by Crippen LogP contribution is 2.36. The van der Waals surface area contributed by atoms with Crippen molar-refractivity contribution in [2.45, 2.75) is 32.6 Å². The first-order valence-electron chi connectivity index (χ1n) is 9.68. The molecule has 10 heteroatoms. The molecule has 2 atom stereocenters. The molecule has 0 saturated carbocycles. The van der Waals surface area contributed by atoms with Gasteiger partial charge in [-0.3, -0.25) is 5.10 Å². The standard InChI is InChI=1S/C19H26N4O5S/c1-13-10-23(11-14(2)28-13)29(24,25)6-5-20-8-16-9-21-22-19(16)15-3-4-17-18(7-15)27-12-26-17/h3-4,7,9,13-14,20H,5-6,8,10-12H2,1-2H3,(H,21,22)/t13-,14+. The van der Waals surface area contributed by atoms with Crippen LogP contribution >= 0.6 is 0 Å². The van der Waals surface area contributed by atoms with Crippen LogP contribution in [0.5, 0.6) is 11.5 Å². The molecule has 0 aliphatic carbocycles. The zero-order valence-corrected chi connectivity index (χ0v) is 17.4. The molecule has 0 radical (unpaired) electrons. The van der Waals surface area contributed by atoms with Crippen LogP contribution in [0.3, 0.4) is 0 Å². The molecule has 0 amide bonds. The zero-order chi connectivity index (χ0) is 20.4. The number of hydrogen-bond acceptors (Lipinski definition) is 7. The predicted octanol–water partition coefficient (Wildman–Crippen LogP) is 1.33. The summed E-state index contributed by atoms with van der Waals surface area (Å²) in [4.78, 5) is 0. The molecule has 4 rings (SSSR count). The van der Waals surface area contributed by atoms with Gasteiger partial charge in [-0.1, -0.05) is 0 Å². The van der Waals surface area contributed by atoms with Gasteiger partial charge in [-0.05, 0) is 32.0 Å². The molecule has 0 bridgehead atoms. The molecule has 3 heterocycles. The van der Waals surface area contributed by atoms with Crippen LogP contribution in [0.15, 0.2) is 24.4 Å². The Kier molecular flexibility index (Phi) is 5.77. The van der Waals surface area contributed by atoms with Crippen LogP contribution in [0, 0.1) is 0 Å². The molecule has 158 valence electrons. The fourth-order valence-electron chi connectivity index (χ4n) is 3.66. The van der Waals surface area contributed by atoms with E-state index in [0.717, 1.165) is 22.6 Å². The van der Waals surface area contributed by atoms with E-state index in [4.69, 9.17) is 14.2 Å². The second-order valence-electron chi connectivity index (χ2n) is 7.41. The van der Waals surface area contributed by atoms with E-state index >= 15 is 0 Å². The van der Waals surface area contributed by atoms with Crippen molar-refractivity contribution in [2.75, 3.05) is 32.2 Å². The first-order valence-corrected chi connectivity index (χ1v) is 11.3. The number of ether oxygens (including phenoxy) is 3. The summed E-state index contributed by atoms with van der Waals surface area (Å²) in [5, 5.41) is 10.4. The minimum absolute atomic E-state index is 0.0453. The van der Waals surface area contributed by atoms with Crippen molar-refractivity contribution < 1.29 is 22.6 Å². The Hall–Kier alpha value is -2.14. The van der Waals surface area contributed by atoms with E-state index in [-0.39, 0.29) is 24.8 Å². The smallest absolute Gasteiger partial charge is 0.231 e. The number of sulfonamides is 1. The number of nitrogens with zero attached hydrogens (tertiary/aromatic N) is 2. The Bertz CT molecular complexity index is 951. The van der Waals surface area contributed by atoms with Crippen LogP contribution in [-0.2, 0) is 21.3 Å². The minimum Gasteiger partial charge on any atom is -0.454 e. The van der Waals surface area contributed by atoms with Gasteiger partial charge >= 0.3 is 0 Å². The van der Waals surface area contributed by atoms with Gasteiger partial charge < -0.3 is 19.5 Å². The molecule has 9 nitrogen and oxygen atoms in total. The van der Waals surface area contributed by atoms with Crippen LogP contribution in [0.25, 0.3) is 11.3 Å². The van der Waals surface area contributed by atoms with E-state index in [9.17, 15) is 8.42 Å². The third-order valence-corrected chi connectivity index (χ3v) is 6.82. The Balaban J connectivity index is 1.33. The van der Waals surface area contributed by atoms with Crippen molar-refractivity contribution in [3.05, 3.63) is 30.0 Å². The van der Waals surface area contributed by atoms with Gasteiger partial charge in [-0.25, -0.2) is 8.42 Å². The lowest BCUT2D eigenvalue weighted by atomic mass is 10.1. The average molecular weight is 423 g/mol. The molecule has 2 aliphatic heterocycles. The molecule has 0 unspecified atom stereocenters. The third-order valence-electron chi connectivity index (χ3n) is 5.01. The number of hydrogen-bond donors (Lipinski definition) is 2. The monoisotopic (exact) mass is 422 g/mol. The van der Waals surface area contributed by atoms with Crippen LogP contribution in [-0.4, -0.2) is 67.3 Å². The van der Waals surface area contributed by atoms with E-state index < -0.39 is 10.0 Å². The number of aromatic amines is 1. The summed E-state index contributed by atoms with van der Waals surface area (Å²) in [6.07, 6.45) is 1.57. The number of rotatable bonds is 7. The van der Waals surface area contributed by atoms with Crippen molar-refractivity contribution in [2.24, 2.45) is 0 Å². The molecule has 2 aliphatic rings. The Morgan fingerprint density at radius 1 is 1.21 bits per heavy atom. The van der Waals surface area contributed by atoms with E-state index in [2.05, 4.69) is 15.5 Å².